The molecule has 0 amide bonds. The third kappa shape index (κ3) is 4.02. The molecule has 1 heterocycles. The molecule has 0 spiro atoms. The summed E-state index contributed by atoms with van der Waals surface area (Å²) in [4.78, 5) is 10.6. The van der Waals surface area contributed by atoms with E-state index >= 15 is 0 Å². The Balaban J connectivity index is 2.36. The maximum Gasteiger partial charge on any atom is 0.225 e. The van der Waals surface area contributed by atoms with Crippen LogP contribution in [0.25, 0.3) is 0 Å². The van der Waals surface area contributed by atoms with Crippen LogP contribution in [0.15, 0.2) is 12.3 Å². The molecule has 5 heteroatoms. The minimum absolute atomic E-state index is 0.584. The zero-order chi connectivity index (χ0) is 11.8. The van der Waals surface area contributed by atoms with Crippen molar-refractivity contribution in [3.8, 4) is 5.88 Å². The van der Waals surface area contributed by atoms with Crippen LogP contribution in [0, 0.1) is 0 Å². The van der Waals surface area contributed by atoms with Crippen LogP contribution in [0.5, 0.6) is 5.88 Å². The molecule has 0 bridgehead atoms. The molecule has 5 nitrogen and oxygen atoms in total. The summed E-state index contributed by atoms with van der Waals surface area (Å²) in [5.74, 6) is 1.20. The van der Waals surface area contributed by atoms with Gasteiger partial charge in [-0.15, -0.1) is 0 Å². The number of hydrogen-bond donors (Lipinski definition) is 1. The number of methoxy groups -OCH3 is 1. The monoisotopic (exact) mass is 224 g/mol. The number of rotatable bonds is 7. The molecule has 0 fully saturated rings. The largest absolute Gasteiger partial charge is 0.481 e. The van der Waals surface area contributed by atoms with Gasteiger partial charge in [-0.3, -0.25) is 0 Å². The summed E-state index contributed by atoms with van der Waals surface area (Å²) < 4.78 is 5.02. The predicted molar refractivity (Wildman–Crippen MR) is 64.9 cm³/mol. The first kappa shape index (κ1) is 12.7. The maximum atomic E-state index is 5.02. The number of likely N-dealkylation sites (N-methyl/N-ethyl adjacent to an activating group) is 1. The predicted octanol–water partition coefficient (Wildman–Crippen LogP) is 1.24. The van der Waals surface area contributed by atoms with Crippen LogP contribution in [-0.2, 0) is 0 Å². The minimum atomic E-state index is 0.584. The highest BCUT2D eigenvalue weighted by molar-refractivity contribution is 5.27. The Morgan fingerprint density at radius 1 is 1.38 bits per heavy atom. The fourth-order valence-corrected chi connectivity index (χ4v) is 1.41. The molecule has 0 aromatic carbocycles. The number of hydrogen-bond acceptors (Lipinski definition) is 5. The lowest BCUT2D eigenvalue weighted by Gasteiger charge is -2.17. The van der Waals surface area contributed by atoms with Gasteiger partial charge in [0.2, 0.25) is 11.8 Å². The van der Waals surface area contributed by atoms with Gasteiger partial charge in [-0.05, 0) is 13.1 Å². The number of anilines is 1. The van der Waals surface area contributed by atoms with Gasteiger partial charge >= 0.3 is 0 Å². The lowest BCUT2D eigenvalue weighted by molar-refractivity contribution is 0.315. The molecule has 0 radical (unpaired) electrons. The Hall–Kier alpha value is -1.36. The topological polar surface area (TPSA) is 50.3 Å². The van der Waals surface area contributed by atoms with E-state index in [1.54, 1.807) is 19.4 Å². The fourth-order valence-electron chi connectivity index (χ4n) is 1.41. The number of nitrogens with one attached hydrogen (secondary N) is 1. The Bertz CT molecular complexity index is 302. The van der Waals surface area contributed by atoms with Gasteiger partial charge in [-0.2, -0.15) is 4.98 Å². The maximum absolute atomic E-state index is 5.02. The van der Waals surface area contributed by atoms with Crippen molar-refractivity contribution >= 4 is 5.95 Å². The standard InChI is InChI=1S/C11H20N4O/c1-4-15(5-2)9-8-13-11-12-7-6-10(14-11)16-3/h6-7H,4-5,8-9H2,1-3H3,(H,12,13,14). The van der Waals surface area contributed by atoms with Crippen molar-refractivity contribution in [2.45, 2.75) is 13.8 Å². The van der Waals surface area contributed by atoms with E-state index < -0.39 is 0 Å². The van der Waals surface area contributed by atoms with Crippen molar-refractivity contribution in [1.82, 2.24) is 14.9 Å². The zero-order valence-electron chi connectivity index (χ0n) is 10.2. The van der Waals surface area contributed by atoms with Crippen LogP contribution >= 0.6 is 0 Å². The average Bonchev–Trinajstić information content (AvgIpc) is 2.35. The summed E-state index contributed by atoms with van der Waals surface area (Å²) in [6, 6.07) is 1.73. The second kappa shape index (κ2) is 7.00. The quantitative estimate of drug-likeness (QED) is 0.755. The molecule has 90 valence electrons. The highest BCUT2D eigenvalue weighted by atomic mass is 16.5. The molecule has 0 aliphatic carbocycles. The Kier molecular flexibility index (Phi) is 5.56. The second-order valence-electron chi connectivity index (χ2n) is 3.38. The van der Waals surface area contributed by atoms with E-state index in [-0.39, 0.29) is 0 Å². The second-order valence-corrected chi connectivity index (χ2v) is 3.38. The molecular weight excluding hydrogens is 204 g/mol. The van der Waals surface area contributed by atoms with Gasteiger partial charge in [0, 0.05) is 25.4 Å². The van der Waals surface area contributed by atoms with Crippen LogP contribution < -0.4 is 10.1 Å². The van der Waals surface area contributed by atoms with E-state index in [4.69, 9.17) is 4.74 Å². The SMILES string of the molecule is CCN(CC)CCNc1nccc(OC)n1. The summed E-state index contributed by atoms with van der Waals surface area (Å²) in [5.41, 5.74) is 0. The average molecular weight is 224 g/mol. The first-order valence-electron chi connectivity index (χ1n) is 5.63. The number of nitrogens with zero attached hydrogens (tertiary/aromatic N) is 3. The molecule has 0 atom stereocenters. The van der Waals surface area contributed by atoms with Crippen molar-refractivity contribution in [3.63, 3.8) is 0 Å². The zero-order valence-corrected chi connectivity index (χ0v) is 10.2. The van der Waals surface area contributed by atoms with Crippen LogP contribution in [0.4, 0.5) is 5.95 Å². The number of ether oxygens (including phenoxy) is 1. The fraction of sp³-hybridized carbons (Fsp3) is 0.636. The van der Waals surface area contributed by atoms with Crippen LogP contribution in [-0.4, -0.2) is 48.2 Å². The van der Waals surface area contributed by atoms with E-state index in [1.165, 1.54) is 0 Å². The van der Waals surface area contributed by atoms with Gasteiger partial charge in [-0.25, -0.2) is 4.98 Å². The first-order valence-corrected chi connectivity index (χ1v) is 5.63. The Morgan fingerprint density at radius 3 is 2.75 bits per heavy atom. The third-order valence-electron chi connectivity index (χ3n) is 2.44. The molecule has 1 aromatic heterocycles. The highest BCUT2D eigenvalue weighted by Gasteiger charge is 2.00. The van der Waals surface area contributed by atoms with Crippen molar-refractivity contribution in [1.29, 1.82) is 0 Å². The van der Waals surface area contributed by atoms with Crippen molar-refractivity contribution in [3.05, 3.63) is 12.3 Å². The molecule has 16 heavy (non-hydrogen) atoms. The molecule has 0 saturated heterocycles. The highest BCUT2D eigenvalue weighted by Crippen LogP contribution is 2.06. The van der Waals surface area contributed by atoms with Gasteiger partial charge < -0.3 is 15.0 Å². The summed E-state index contributed by atoms with van der Waals surface area (Å²) in [6.07, 6.45) is 1.69. The molecule has 1 rings (SSSR count). The van der Waals surface area contributed by atoms with Gasteiger partial charge in [-0.1, -0.05) is 13.8 Å². The molecular formula is C11H20N4O. The van der Waals surface area contributed by atoms with Crippen molar-refractivity contribution in [2.24, 2.45) is 0 Å². The lowest BCUT2D eigenvalue weighted by Crippen LogP contribution is -2.28. The Labute approximate surface area is 96.8 Å². The summed E-state index contributed by atoms with van der Waals surface area (Å²) in [7, 11) is 1.60. The van der Waals surface area contributed by atoms with E-state index in [1.807, 2.05) is 0 Å². The number of aromatic nitrogens is 2. The third-order valence-corrected chi connectivity index (χ3v) is 2.44. The summed E-state index contributed by atoms with van der Waals surface area (Å²) in [6.45, 7) is 8.29. The van der Waals surface area contributed by atoms with Gasteiger partial charge in [0.15, 0.2) is 0 Å². The smallest absolute Gasteiger partial charge is 0.225 e. The van der Waals surface area contributed by atoms with Crippen LogP contribution in [0.2, 0.25) is 0 Å². The lowest BCUT2D eigenvalue weighted by atomic mass is 10.4. The Morgan fingerprint density at radius 2 is 2.12 bits per heavy atom. The van der Waals surface area contributed by atoms with Crippen molar-refractivity contribution in [2.75, 3.05) is 38.6 Å². The van der Waals surface area contributed by atoms with E-state index in [0.717, 1.165) is 26.2 Å². The van der Waals surface area contributed by atoms with Crippen LogP contribution in [0.1, 0.15) is 13.8 Å². The van der Waals surface area contributed by atoms with Gasteiger partial charge in [0.1, 0.15) is 0 Å². The minimum Gasteiger partial charge on any atom is -0.481 e. The van der Waals surface area contributed by atoms with E-state index in [2.05, 4.69) is 34.0 Å². The molecule has 0 saturated carbocycles. The molecule has 0 aliphatic rings. The van der Waals surface area contributed by atoms with Crippen LogP contribution in [0.3, 0.4) is 0 Å². The molecule has 1 aromatic rings. The van der Waals surface area contributed by atoms with E-state index in [9.17, 15) is 0 Å². The molecule has 0 unspecified atom stereocenters. The first-order chi connectivity index (χ1) is 7.80. The summed E-state index contributed by atoms with van der Waals surface area (Å²) >= 11 is 0. The van der Waals surface area contributed by atoms with Gasteiger partial charge in [0.05, 0.1) is 7.11 Å². The van der Waals surface area contributed by atoms with E-state index in [0.29, 0.717) is 11.8 Å². The van der Waals surface area contributed by atoms with Gasteiger partial charge in [0.25, 0.3) is 0 Å². The molecule has 0 aliphatic heterocycles. The normalized spacial score (nSPS) is 10.5. The summed E-state index contributed by atoms with van der Waals surface area (Å²) in [5, 5.41) is 3.17. The molecule has 1 N–H and O–H groups in total. The van der Waals surface area contributed by atoms with Crippen molar-refractivity contribution < 1.29 is 4.74 Å².